The molecule has 1 heterocycles. The van der Waals surface area contributed by atoms with E-state index in [4.69, 9.17) is 18.6 Å². The summed E-state index contributed by atoms with van der Waals surface area (Å²) in [4.78, 5) is 34.9. The zero-order chi connectivity index (χ0) is 19.6. The highest BCUT2D eigenvalue weighted by molar-refractivity contribution is 5.95. The number of nitrogens with zero attached hydrogens (tertiary/aromatic N) is 1. The van der Waals surface area contributed by atoms with Crippen LogP contribution in [0.15, 0.2) is 51.7 Å². The molecule has 9 heteroatoms. The molecule has 2 aromatic carbocycles. The molecule has 0 unspecified atom stereocenters. The fourth-order valence-corrected chi connectivity index (χ4v) is 2.39. The summed E-state index contributed by atoms with van der Waals surface area (Å²) in [6.45, 7) is 0. The number of rotatable bonds is 5. The van der Waals surface area contributed by atoms with Crippen LogP contribution in [0.2, 0.25) is 0 Å². The second kappa shape index (κ2) is 7.16. The molecular weight excluding hydrogens is 358 g/mol. The van der Waals surface area contributed by atoms with Gasteiger partial charge in [0.15, 0.2) is 11.3 Å². The fraction of sp³-hybridized carbons (Fsp3) is 0.111. The Morgan fingerprint density at radius 3 is 2.30 bits per heavy atom. The van der Waals surface area contributed by atoms with E-state index < -0.39 is 22.1 Å². The van der Waals surface area contributed by atoms with E-state index in [-0.39, 0.29) is 28.2 Å². The highest BCUT2D eigenvalue weighted by atomic mass is 16.6. The number of hydrogen-bond acceptors (Lipinski definition) is 8. The molecule has 0 saturated carbocycles. The summed E-state index contributed by atoms with van der Waals surface area (Å²) in [6, 6.07) is 9.62. The quantitative estimate of drug-likeness (QED) is 0.221. The molecule has 1 aromatic heterocycles. The number of methoxy groups -OCH3 is 2. The van der Waals surface area contributed by atoms with E-state index in [9.17, 15) is 19.7 Å². The van der Waals surface area contributed by atoms with Gasteiger partial charge in [0.1, 0.15) is 17.1 Å². The number of fused-ring (bicyclic) bond motifs is 1. The van der Waals surface area contributed by atoms with E-state index in [0.29, 0.717) is 5.75 Å². The van der Waals surface area contributed by atoms with Gasteiger partial charge in [-0.3, -0.25) is 10.1 Å². The maximum absolute atomic E-state index is 12.3. The van der Waals surface area contributed by atoms with Crippen LogP contribution in [0.5, 0.6) is 17.2 Å². The Labute approximate surface area is 151 Å². The molecule has 138 valence electrons. The van der Waals surface area contributed by atoms with E-state index in [1.807, 2.05) is 0 Å². The molecule has 0 aliphatic carbocycles. The van der Waals surface area contributed by atoms with Gasteiger partial charge in [0.05, 0.1) is 25.2 Å². The smallest absolute Gasteiger partial charge is 0.351 e. The average molecular weight is 371 g/mol. The molecule has 0 aliphatic heterocycles. The predicted octanol–water partition coefficient (Wildman–Crippen LogP) is 2.94. The maximum Gasteiger partial charge on any atom is 0.351 e. The molecule has 0 fully saturated rings. The van der Waals surface area contributed by atoms with Crippen LogP contribution in [0, 0.1) is 10.1 Å². The lowest BCUT2D eigenvalue weighted by Gasteiger charge is -2.07. The summed E-state index contributed by atoms with van der Waals surface area (Å²) in [7, 11) is 2.78. The van der Waals surface area contributed by atoms with Gasteiger partial charge in [-0.15, -0.1) is 0 Å². The third-order valence-corrected chi connectivity index (χ3v) is 3.70. The largest absolute Gasteiger partial charge is 0.497 e. The first kappa shape index (κ1) is 17.9. The first-order chi connectivity index (χ1) is 12.9. The summed E-state index contributed by atoms with van der Waals surface area (Å²) in [6.07, 6.45) is 0. The molecule has 27 heavy (non-hydrogen) atoms. The van der Waals surface area contributed by atoms with E-state index in [1.54, 1.807) is 12.1 Å². The van der Waals surface area contributed by atoms with Crippen molar-refractivity contribution in [1.29, 1.82) is 0 Å². The highest BCUT2D eigenvalue weighted by Gasteiger charge is 2.20. The molecule has 3 rings (SSSR count). The van der Waals surface area contributed by atoms with Crippen LogP contribution in [0.4, 0.5) is 5.69 Å². The summed E-state index contributed by atoms with van der Waals surface area (Å²) in [5.41, 5.74) is -1.63. The summed E-state index contributed by atoms with van der Waals surface area (Å²) < 4.78 is 20.3. The molecule has 0 amide bonds. The van der Waals surface area contributed by atoms with Crippen LogP contribution in [0.1, 0.15) is 10.4 Å². The highest BCUT2D eigenvalue weighted by Crippen LogP contribution is 2.30. The van der Waals surface area contributed by atoms with Crippen LogP contribution in [0.25, 0.3) is 11.0 Å². The Kier molecular flexibility index (Phi) is 4.75. The second-order valence-corrected chi connectivity index (χ2v) is 5.34. The summed E-state index contributed by atoms with van der Waals surface area (Å²) >= 11 is 0. The predicted molar refractivity (Wildman–Crippen MR) is 93.6 cm³/mol. The molecule has 0 atom stereocenters. The van der Waals surface area contributed by atoms with Gasteiger partial charge in [-0.1, -0.05) is 0 Å². The van der Waals surface area contributed by atoms with Gasteiger partial charge < -0.3 is 18.6 Å². The lowest BCUT2D eigenvalue weighted by molar-refractivity contribution is -0.384. The molecule has 0 aliphatic rings. The minimum absolute atomic E-state index is 0.00547. The van der Waals surface area contributed by atoms with Gasteiger partial charge in [-0.05, 0) is 30.3 Å². The standard InChI is InChI=1S/C18H13NO8/c1-24-12-3-5-13(6-4-12)26-17(20)14-8-10-7-11(19(22)23)9-15(25-2)16(10)27-18(14)21/h3-9H,1-2H3. The number of nitro groups is 1. The minimum atomic E-state index is -0.957. The fourth-order valence-electron chi connectivity index (χ4n) is 2.39. The Hall–Kier alpha value is -3.88. The van der Waals surface area contributed by atoms with Crippen molar-refractivity contribution in [3.05, 3.63) is 68.6 Å². The van der Waals surface area contributed by atoms with Crippen LogP contribution in [-0.2, 0) is 0 Å². The maximum atomic E-state index is 12.3. The van der Waals surface area contributed by atoms with Crippen molar-refractivity contribution < 1.29 is 28.3 Å². The second-order valence-electron chi connectivity index (χ2n) is 5.34. The topological polar surface area (TPSA) is 118 Å². The molecule has 0 spiro atoms. The number of benzene rings is 2. The molecule has 0 bridgehead atoms. The van der Waals surface area contributed by atoms with Gasteiger partial charge in [-0.2, -0.15) is 0 Å². The molecule has 9 nitrogen and oxygen atoms in total. The normalized spacial score (nSPS) is 10.4. The third-order valence-electron chi connectivity index (χ3n) is 3.70. The van der Waals surface area contributed by atoms with E-state index >= 15 is 0 Å². The molecule has 0 radical (unpaired) electrons. The molecule has 0 saturated heterocycles. The van der Waals surface area contributed by atoms with E-state index in [1.165, 1.54) is 38.5 Å². The SMILES string of the molecule is COc1ccc(OC(=O)c2cc3cc([N+](=O)[O-])cc(OC)c3oc2=O)cc1. The molecule has 3 aromatic rings. The van der Waals surface area contributed by atoms with Gasteiger partial charge >= 0.3 is 11.6 Å². The average Bonchev–Trinajstić information content (AvgIpc) is 2.67. The van der Waals surface area contributed by atoms with Crippen molar-refractivity contribution in [2.45, 2.75) is 0 Å². The van der Waals surface area contributed by atoms with E-state index in [0.717, 1.165) is 6.07 Å². The summed E-state index contributed by atoms with van der Waals surface area (Å²) in [5, 5.41) is 11.2. The van der Waals surface area contributed by atoms with Gasteiger partial charge in [0, 0.05) is 11.5 Å². The van der Waals surface area contributed by atoms with Crippen molar-refractivity contribution in [3.63, 3.8) is 0 Å². The monoisotopic (exact) mass is 371 g/mol. The lowest BCUT2D eigenvalue weighted by Crippen LogP contribution is -2.18. The zero-order valence-corrected chi connectivity index (χ0v) is 14.3. The minimum Gasteiger partial charge on any atom is -0.497 e. The van der Waals surface area contributed by atoms with E-state index in [2.05, 4.69) is 0 Å². The van der Waals surface area contributed by atoms with Gasteiger partial charge in [0.2, 0.25) is 0 Å². The number of hydrogen-bond donors (Lipinski definition) is 0. The first-order valence-electron chi connectivity index (χ1n) is 7.59. The number of nitro benzene ring substituents is 1. The number of non-ortho nitro benzene ring substituents is 1. The molecular formula is C18H13NO8. The van der Waals surface area contributed by atoms with Crippen molar-refractivity contribution in [3.8, 4) is 17.2 Å². The molecule has 0 N–H and O–H groups in total. The zero-order valence-electron chi connectivity index (χ0n) is 14.3. The number of esters is 1. The van der Waals surface area contributed by atoms with Gasteiger partial charge in [0.25, 0.3) is 5.69 Å². The summed E-state index contributed by atoms with van der Waals surface area (Å²) in [5.74, 6) is -0.191. The number of ether oxygens (including phenoxy) is 3. The number of carbonyl (C=O) groups excluding carboxylic acids is 1. The first-order valence-corrected chi connectivity index (χ1v) is 7.59. The van der Waals surface area contributed by atoms with Crippen molar-refractivity contribution in [1.82, 2.24) is 0 Å². The van der Waals surface area contributed by atoms with Crippen molar-refractivity contribution in [2.24, 2.45) is 0 Å². The Balaban J connectivity index is 2.02. The number of carbonyl (C=O) groups is 1. The van der Waals surface area contributed by atoms with Crippen LogP contribution < -0.4 is 19.8 Å². The van der Waals surface area contributed by atoms with Gasteiger partial charge in [-0.25, -0.2) is 9.59 Å². The Bertz CT molecular complexity index is 1080. The third kappa shape index (κ3) is 3.56. The lowest BCUT2D eigenvalue weighted by atomic mass is 10.1. The van der Waals surface area contributed by atoms with Crippen LogP contribution in [-0.4, -0.2) is 25.1 Å². The van der Waals surface area contributed by atoms with Crippen molar-refractivity contribution in [2.75, 3.05) is 14.2 Å². The Morgan fingerprint density at radius 1 is 1.04 bits per heavy atom. The van der Waals surface area contributed by atoms with Crippen LogP contribution in [0.3, 0.4) is 0 Å². The van der Waals surface area contributed by atoms with Crippen molar-refractivity contribution >= 4 is 22.6 Å². The van der Waals surface area contributed by atoms with Crippen LogP contribution >= 0.6 is 0 Å². The Morgan fingerprint density at radius 2 is 1.70 bits per heavy atom.